The van der Waals surface area contributed by atoms with Gasteiger partial charge >= 0.3 is 5.97 Å². The Bertz CT molecular complexity index is 502. The number of likely N-dealkylation sites (N-methyl/N-ethyl adjacent to an activating group) is 1. The number of fused-ring (bicyclic) bond motifs is 1. The molecule has 1 atom stereocenters. The number of carbonyl (C=O) groups excluding carboxylic acids is 1. The van der Waals surface area contributed by atoms with E-state index in [-0.39, 0.29) is 0 Å². The first-order valence-corrected chi connectivity index (χ1v) is 6.42. The minimum Gasteiger partial charge on any atom is -0.493 e. The van der Waals surface area contributed by atoms with Crippen LogP contribution in [0.25, 0.3) is 0 Å². The molecule has 1 aromatic rings. The monoisotopic (exact) mass is 280 g/mol. The van der Waals surface area contributed by atoms with Crippen molar-refractivity contribution in [1.82, 2.24) is 10.2 Å². The predicted molar refractivity (Wildman–Crippen MR) is 74.3 cm³/mol. The fourth-order valence-electron chi connectivity index (χ4n) is 2.17. The standard InChI is InChI=1S/C14H20N2O4/c1-16(2)8-7-15-13-9-5-6-10(18-3)12(19-4)11(9)14(17)20-13/h5-6,13,15H,7-8H2,1-4H3/t13-/m1/s1. The number of cyclic esters (lactones) is 1. The minimum atomic E-state index is -0.433. The summed E-state index contributed by atoms with van der Waals surface area (Å²) in [7, 11) is 7.03. The summed E-state index contributed by atoms with van der Waals surface area (Å²) in [6, 6.07) is 3.61. The van der Waals surface area contributed by atoms with E-state index in [2.05, 4.69) is 10.2 Å². The summed E-state index contributed by atoms with van der Waals surface area (Å²) in [6.45, 7) is 1.58. The van der Waals surface area contributed by atoms with E-state index < -0.39 is 12.2 Å². The van der Waals surface area contributed by atoms with Gasteiger partial charge in [0.2, 0.25) is 0 Å². The van der Waals surface area contributed by atoms with E-state index in [0.29, 0.717) is 17.1 Å². The summed E-state index contributed by atoms with van der Waals surface area (Å²) in [4.78, 5) is 14.1. The summed E-state index contributed by atoms with van der Waals surface area (Å²) in [5.74, 6) is 0.558. The molecule has 0 unspecified atom stereocenters. The maximum atomic E-state index is 12.0. The van der Waals surface area contributed by atoms with Crippen LogP contribution in [0.4, 0.5) is 0 Å². The molecule has 6 nitrogen and oxygen atoms in total. The molecule has 1 aliphatic rings. The van der Waals surface area contributed by atoms with E-state index in [4.69, 9.17) is 14.2 Å². The molecule has 0 fully saturated rings. The predicted octanol–water partition coefficient (Wildman–Crippen LogP) is 1.02. The molecule has 0 amide bonds. The van der Waals surface area contributed by atoms with Crippen LogP contribution in [0.15, 0.2) is 12.1 Å². The molecule has 2 rings (SSSR count). The number of nitrogens with zero attached hydrogens (tertiary/aromatic N) is 1. The average molecular weight is 280 g/mol. The van der Waals surface area contributed by atoms with Gasteiger partial charge in [-0.05, 0) is 26.2 Å². The number of rotatable bonds is 6. The molecule has 1 aliphatic heterocycles. The van der Waals surface area contributed by atoms with Gasteiger partial charge in [-0.25, -0.2) is 4.79 Å². The quantitative estimate of drug-likeness (QED) is 0.785. The Kier molecular flexibility index (Phi) is 4.46. The van der Waals surface area contributed by atoms with Crippen LogP contribution in [0.5, 0.6) is 11.5 Å². The van der Waals surface area contributed by atoms with E-state index in [0.717, 1.165) is 18.7 Å². The van der Waals surface area contributed by atoms with Crippen molar-refractivity contribution in [3.63, 3.8) is 0 Å². The topological polar surface area (TPSA) is 60.0 Å². The van der Waals surface area contributed by atoms with Gasteiger partial charge in [0.15, 0.2) is 17.7 Å². The maximum Gasteiger partial charge on any atom is 0.344 e. The van der Waals surface area contributed by atoms with Crippen LogP contribution in [0.3, 0.4) is 0 Å². The molecule has 0 spiro atoms. The highest BCUT2D eigenvalue weighted by Crippen LogP contribution is 2.40. The van der Waals surface area contributed by atoms with Crippen molar-refractivity contribution in [2.75, 3.05) is 41.4 Å². The first-order chi connectivity index (χ1) is 9.58. The average Bonchev–Trinajstić information content (AvgIpc) is 2.74. The minimum absolute atomic E-state index is 0.391. The van der Waals surface area contributed by atoms with Crippen LogP contribution in [-0.2, 0) is 4.74 Å². The van der Waals surface area contributed by atoms with Crippen LogP contribution in [0.2, 0.25) is 0 Å². The van der Waals surface area contributed by atoms with Crippen LogP contribution in [-0.4, -0.2) is 52.3 Å². The fraction of sp³-hybridized carbons (Fsp3) is 0.500. The summed E-state index contributed by atoms with van der Waals surface area (Å²) in [5, 5.41) is 3.21. The van der Waals surface area contributed by atoms with Crippen molar-refractivity contribution in [2.45, 2.75) is 6.23 Å². The van der Waals surface area contributed by atoms with Crippen molar-refractivity contribution in [2.24, 2.45) is 0 Å². The highest BCUT2D eigenvalue weighted by Gasteiger charge is 2.35. The summed E-state index contributed by atoms with van der Waals surface area (Å²) < 4.78 is 15.8. The Morgan fingerprint density at radius 1 is 1.30 bits per heavy atom. The third-order valence-corrected chi connectivity index (χ3v) is 3.18. The van der Waals surface area contributed by atoms with Gasteiger partial charge in [0, 0.05) is 18.7 Å². The normalized spacial score (nSPS) is 17.1. The molecule has 0 bridgehead atoms. The van der Waals surface area contributed by atoms with Gasteiger partial charge in [0.25, 0.3) is 0 Å². The van der Waals surface area contributed by atoms with Crippen LogP contribution in [0.1, 0.15) is 22.1 Å². The molecule has 6 heteroatoms. The summed E-state index contributed by atoms with van der Waals surface area (Å²) >= 11 is 0. The zero-order valence-corrected chi connectivity index (χ0v) is 12.2. The Hall–Kier alpha value is -1.79. The van der Waals surface area contributed by atoms with Gasteiger partial charge in [-0.1, -0.05) is 0 Å². The number of carbonyl (C=O) groups is 1. The van der Waals surface area contributed by atoms with Gasteiger partial charge in [-0.3, -0.25) is 5.32 Å². The zero-order valence-electron chi connectivity index (χ0n) is 12.2. The van der Waals surface area contributed by atoms with E-state index >= 15 is 0 Å². The molecular formula is C14H20N2O4. The highest BCUT2D eigenvalue weighted by atomic mass is 16.6. The van der Waals surface area contributed by atoms with Gasteiger partial charge in [0.05, 0.1) is 14.2 Å². The van der Waals surface area contributed by atoms with E-state index in [1.165, 1.54) is 14.2 Å². The molecule has 110 valence electrons. The second kappa shape index (κ2) is 6.11. The number of hydrogen-bond donors (Lipinski definition) is 1. The molecule has 20 heavy (non-hydrogen) atoms. The summed E-state index contributed by atoms with van der Waals surface area (Å²) in [5.41, 5.74) is 1.22. The lowest BCUT2D eigenvalue weighted by molar-refractivity contribution is 0.0304. The van der Waals surface area contributed by atoms with Crippen LogP contribution in [0, 0.1) is 0 Å². The largest absolute Gasteiger partial charge is 0.493 e. The lowest BCUT2D eigenvalue weighted by atomic mass is 10.1. The first kappa shape index (κ1) is 14.6. The smallest absolute Gasteiger partial charge is 0.344 e. The number of methoxy groups -OCH3 is 2. The number of esters is 1. The number of nitrogens with one attached hydrogen (secondary N) is 1. The van der Waals surface area contributed by atoms with Gasteiger partial charge < -0.3 is 19.1 Å². The molecule has 0 radical (unpaired) electrons. The molecular weight excluding hydrogens is 260 g/mol. The Morgan fingerprint density at radius 2 is 2.05 bits per heavy atom. The third kappa shape index (κ3) is 2.71. The second-order valence-electron chi connectivity index (χ2n) is 4.81. The van der Waals surface area contributed by atoms with Crippen molar-refractivity contribution < 1.29 is 19.0 Å². The highest BCUT2D eigenvalue weighted by molar-refractivity contribution is 5.98. The van der Waals surface area contributed by atoms with Crippen LogP contribution >= 0.6 is 0 Å². The SMILES string of the molecule is COc1ccc2c(c1OC)C(=O)O[C@H]2NCCN(C)C. The molecule has 0 saturated carbocycles. The van der Waals surface area contributed by atoms with Gasteiger partial charge in [-0.15, -0.1) is 0 Å². The first-order valence-electron chi connectivity index (χ1n) is 6.42. The van der Waals surface area contributed by atoms with E-state index in [1.807, 2.05) is 20.2 Å². The number of hydrogen-bond acceptors (Lipinski definition) is 6. The molecule has 1 heterocycles. The Balaban J connectivity index is 2.23. The molecule has 0 aromatic heterocycles. The number of ether oxygens (including phenoxy) is 3. The lowest BCUT2D eigenvalue weighted by Gasteiger charge is -2.15. The van der Waals surface area contributed by atoms with Crippen molar-refractivity contribution in [3.05, 3.63) is 23.3 Å². The Morgan fingerprint density at radius 3 is 2.65 bits per heavy atom. The third-order valence-electron chi connectivity index (χ3n) is 3.18. The lowest BCUT2D eigenvalue weighted by Crippen LogP contribution is -2.29. The Labute approximate surface area is 118 Å². The molecule has 0 saturated heterocycles. The summed E-state index contributed by atoms with van der Waals surface area (Å²) in [6.07, 6.45) is -0.433. The van der Waals surface area contributed by atoms with E-state index in [1.54, 1.807) is 6.07 Å². The molecule has 1 N–H and O–H groups in total. The molecule has 1 aromatic carbocycles. The number of benzene rings is 1. The second-order valence-corrected chi connectivity index (χ2v) is 4.81. The molecule has 0 aliphatic carbocycles. The van der Waals surface area contributed by atoms with Crippen LogP contribution < -0.4 is 14.8 Å². The zero-order chi connectivity index (χ0) is 14.7. The van der Waals surface area contributed by atoms with Crippen molar-refractivity contribution in [1.29, 1.82) is 0 Å². The van der Waals surface area contributed by atoms with Gasteiger partial charge in [-0.2, -0.15) is 0 Å². The maximum absolute atomic E-state index is 12.0. The fourth-order valence-corrected chi connectivity index (χ4v) is 2.17. The van der Waals surface area contributed by atoms with E-state index in [9.17, 15) is 4.79 Å². The van der Waals surface area contributed by atoms with Crippen molar-refractivity contribution in [3.8, 4) is 11.5 Å². The van der Waals surface area contributed by atoms with Gasteiger partial charge in [0.1, 0.15) is 5.56 Å². The van der Waals surface area contributed by atoms with Crippen molar-refractivity contribution >= 4 is 5.97 Å².